The Kier molecular flexibility index (Phi) is 15.9. The highest BCUT2D eigenvalue weighted by Crippen LogP contribution is 2.43. The molecule has 0 aromatic rings. The Morgan fingerprint density at radius 3 is 1.79 bits per heavy atom. The van der Waals surface area contributed by atoms with Crippen molar-refractivity contribution in [1.82, 2.24) is 0 Å². The monoisotopic (exact) mass is 422 g/mol. The number of hydrogen-bond acceptors (Lipinski definition) is 2. The Labute approximate surface area is 184 Å². The molecule has 2 nitrogen and oxygen atoms in total. The molecule has 0 saturated heterocycles. The number of methoxy groups -OCH3 is 1. The van der Waals surface area contributed by atoms with Gasteiger partial charge in [-0.1, -0.05) is 91.2 Å². The van der Waals surface area contributed by atoms with Crippen LogP contribution in [0.15, 0.2) is 11.6 Å². The lowest BCUT2D eigenvalue weighted by atomic mass is 10.0. The molecule has 0 N–H and O–H groups in total. The summed E-state index contributed by atoms with van der Waals surface area (Å²) < 4.78 is 11.9. The van der Waals surface area contributed by atoms with Crippen molar-refractivity contribution in [3.63, 3.8) is 0 Å². The molecule has 0 aliphatic heterocycles. The molecule has 1 atom stereocenters. The van der Waals surface area contributed by atoms with Crippen LogP contribution in [-0.4, -0.2) is 28.1 Å². The van der Waals surface area contributed by atoms with E-state index in [1.165, 1.54) is 56.9 Å². The van der Waals surface area contributed by atoms with E-state index in [1.54, 1.807) is 7.11 Å². The predicted molar refractivity (Wildman–Crippen MR) is 132 cm³/mol. The van der Waals surface area contributed by atoms with Crippen molar-refractivity contribution in [2.75, 3.05) is 13.7 Å². The summed E-state index contributed by atoms with van der Waals surface area (Å²) in [5.74, 6) is 2.96. The lowest BCUT2D eigenvalue weighted by molar-refractivity contribution is 0.211. The quantitative estimate of drug-likeness (QED) is 0.102. The lowest BCUT2D eigenvalue weighted by Gasteiger charge is -2.43. The minimum atomic E-state index is -1.87. The first-order chi connectivity index (χ1) is 13.7. The highest BCUT2D eigenvalue weighted by atomic mass is 28.4. The van der Waals surface area contributed by atoms with Gasteiger partial charge in [0.1, 0.15) is 6.10 Å². The summed E-state index contributed by atoms with van der Waals surface area (Å²) >= 11 is 0. The minimum Gasteiger partial charge on any atom is -0.403 e. The van der Waals surface area contributed by atoms with E-state index in [-0.39, 0.29) is 6.10 Å². The van der Waals surface area contributed by atoms with Crippen molar-refractivity contribution < 1.29 is 9.16 Å². The smallest absolute Gasteiger partial charge is 0.202 e. The number of hydrogen-bond donors (Lipinski definition) is 0. The second-order valence-corrected chi connectivity index (χ2v) is 15.0. The lowest BCUT2D eigenvalue weighted by Crippen LogP contribution is -2.50. The Morgan fingerprint density at radius 2 is 1.34 bits per heavy atom. The van der Waals surface area contributed by atoms with Crippen LogP contribution in [0.3, 0.4) is 0 Å². The van der Waals surface area contributed by atoms with Crippen molar-refractivity contribution in [1.29, 1.82) is 0 Å². The topological polar surface area (TPSA) is 18.5 Å². The molecule has 0 rings (SSSR count). The van der Waals surface area contributed by atoms with Crippen LogP contribution in [0.4, 0.5) is 0 Å². The predicted octanol–water partition coefficient (Wildman–Crippen LogP) is 8.28. The molecule has 0 radical (unpaired) electrons. The third-order valence-corrected chi connectivity index (χ3v) is 12.5. The van der Waals surface area contributed by atoms with Crippen molar-refractivity contribution in [2.45, 2.75) is 129 Å². The fourth-order valence-corrected chi connectivity index (χ4v) is 10.3. The molecule has 0 spiro atoms. The maximum absolute atomic E-state index is 6.77. The van der Waals surface area contributed by atoms with Crippen LogP contribution in [0.5, 0.6) is 0 Å². The number of unbranched alkanes of at least 4 members (excludes halogenated alkanes) is 6. The van der Waals surface area contributed by atoms with Crippen molar-refractivity contribution >= 4 is 8.32 Å². The summed E-state index contributed by atoms with van der Waals surface area (Å²) in [6.45, 7) is 16.9. The average Bonchev–Trinajstić information content (AvgIpc) is 2.66. The minimum absolute atomic E-state index is 0.00395. The molecule has 0 aliphatic carbocycles. The van der Waals surface area contributed by atoms with Gasteiger partial charge in [0, 0.05) is 7.11 Å². The number of ether oxygens (including phenoxy) is 1. The summed E-state index contributed by atoms with van der Waals surface area (Å²) in [5, 5.41) is 0. The van der Waals surface area contributed by atoms with Gasteiger partial charge in [-0.2, -0.15) is 0 Å². The second kappa shape index (κ2) is 16.2. The van der Waals surface area contributed by atoms with Crippen molar-refractivity contribution in [2.24, 2.45) is 0 Å². The SMILES string of the molecule is C#CC(CCCCCCCCC/C(C)=C/COC)O[Si](C(C)C)(C(C)C)C(C)C. The van der Waals surface area contributed by atoms with Gasteiger partial charge in [0.25, 0.3) is 0 Å². The van der Waals surface area contributed by atoms with Gasteiger partial charge in [0.15, 0.2) is 0 Å². The molecule has 29 heavy (non-hydrogen) atoms. The Balaban J connectivity index is 4.12. The summed E-state index contributed by atoms with van der Waals surface area (Å²) in [6, 6.07) is 0. The summed E-state index contributed by atoms with van der Waals surface area (Å²) in [5.41, 5.74) is 3.22. The molecule has 0 amide bonds. The molecular weight excluding hydrogens is 372 g/mol. The molecular formula is C26H50O2Si. The molecule has 0 saturated carbocycles. The zero-order chi connectivity index (χ0) is 22.3. The first-order valence-electron chi connectivity index (χ1n) is 12.0. The third-order valence-electron chi connectivity index (χ3n) is 6.38. The first-order valence-corrected chi connectivity index (χ1v) is 14.1. The van der Waals surface area contributed by atoms with Gasteiger partial charge in [-0.05, 0) is 49.2 Å². The molecule has 0 heterocycles. The zero-order valence-corrected chi connectivity index (χ0v) is 21.9. The van der Waals surface area contributed by atoms with E-state index in [2.05, 4.69) is 60.5 Å². The third kappa shape index (κ3) is 10.9. The number of allylic oxidation sites excluding steroid dienone is 1. The van der Waals surface area contributed by atoms with Gasteiger partial charge in [0.05, 0.1) is 6.61 Å². The van der Waals surface area contributed by atoms with E-state index in [0.29, 0.717) is 16.6 Å². The first kappa shape index (κ1) is 28.4. The molecule has 0 aromatic heterocycles. The van der Waals surface area contributed by atoms with Crippen LogP contribution in [0, 0.1) is 12.3 Å². The van der Waals surface area contributed by atoms with E-state index in [4.69, 9.17) is 15.6 Å². The molecule has 0 fully saturated rings. The molecule has 1 unspecified atom stereocenters. The van der Waals surface area contributed by atoms with Gasteiger partial charge >= 0.3 is 0 Å². The molecule has 0 bridgehead atoms. The summed E-state index contributed by atoms with van der Waals surface area (Å²) in [4.78, 5) is 0. The highest BCUT2D eigenvalue weighted by Gasteiger charge is 2.46. The van der Waals surface area contributed by atoms with Crippen LogP contribution in [0.1, 0.15) is 106 Å². The van der Waals surface area contributed by atoms with Gasteiger partial charge in [0.2, 0.25) is 8.32 Å². The van der Waals surface area contributed by atoms with E-state index >= 15 is 0 Å². The van der Waals surface area contributed by atoms with E-state index in [1.807, 2.05) is 0 Å². The van der Waals surface area contributed by atoms with Gasteiger partial charge in [-0.15, -0.1) is 6.42 Å². The standard InChI is InChI=1S/C26H50O2Si/c1-10-26(28-29(22(2)3,23(4)5)24(6)7)19-17-15-13-11-12-14-16-18-25(8)20-21-27-9/h1,20,22-24,26H,11-19,21H2,2-9H3/b25-20+. The van der Waals surface area contributed by atoms with Crippen LogP contribution >= 0.6 is 0 Å². The van der Waals surface area contributed by atoms with Crippen LogP contribution in [0.2, 0.25) is 16.6 Å². The van der Waals surface area contributed by atoms with E-state index < -0.39 is 8.32 Å². The molecule has 3 heteroatoms. The molecule has 0 aromatic carbocycles. The van der Waals surface area contributed by atoms with Gasteiger partial charge < -0.3 is 9.16 Å². The molecule has 0 aliphatic rings. The van der Waals surface area contributed by atoms with Gasteiger partial charge in [-0.25, -0.2) is 0 Å². The van der Waals surface area contributed by atoms with Crippen molar-refractivity contribution in [3.05, 3.63) is 11.6 Å². The molecule has 170 valence electrons. The van der Waals surface area contributed by atoms with Crippen LogP contribution in [0.25, 0.3) is 0 Å². The fourth-order valence-electron chi connectivity index (χ4n) is 4.78. The largest absolute Gasteiger partial charge is 0.403 e. The highest BCUT2D eigenvalue weighted by molar-refractivity contribution is 6.77. The number of rotatable bonds is 17. The Morgan fingerprint density at radius 1 is 0.862 bits per heavy atom. The summed E-state index contributed by atoms with van der Waals surface area (Å²) in [6.07, 6.45) is 19.4. The maximum atomic E-state index is 6.77. The normalized spacial score (nSPS) is 14.1. The van der Waals surface area contributed by atoms with E-state index in [0.717, 1.165) is 13.0 Å². The second-order valence-electron chi connectivity index (χ2n) is 9.61. The number of terminal acetylenes is 1. The van der Waals surface area contributed by atoms with Crippen LogP contribution < -0.4 is 0 Å². The zero-order valence-electron chi connectivity index (χ0n) is 20.9. The fraction of sp³-hybridized carbons (Fsp3) is 0.846. The van der Waals surface area contributed by atoms with Crippen molar-refractivity contribution in [3.8, 4) is 12.3 Å². The summed E-state index contributed by atoms with van der Waals surface area (Å²) in [7, 11) is -0.126. The van der Waals surface area contributed by atoms with Gasteiger partial charge in [-0.3, -0.25) is 0 Å². The van der Waals surface area contributed by atoms with E-state index in [9.17, 15) is 0 Å². The Bertz CT molecular complexity index is 452. The van der Waals surface area contributed by atoms with Crippen LogP contribution in [-0.2, 0) is 9.16 Å². The maximum Gasteiger partial charge on any atom is 0.202 e. The Hall–Kier alpha value is -0.563. The average molecular weight is 423 g/mol.